The largest absolute Gasteiger partial charge is 0.383 e. The van der Waals surface area contributed by atoms with Gasteiger partial charge in [-0.1, -0.05) is 31.2 Å². The van der Waals surface area contributed by atoms with Gasteiger partial charge in [0.05, 0.1) is 6.61 Å². The van der Waals surface area contributed by atoms with Crippen LogP contribution in [0.25, 0.3) is 0 Å². The summed E-state index contributed by atoms with van der Waals surface area (Å²) in [6.45, 7) is 6.73. The van der Waals surface area contributed by atoms with Crippen molar-refractivity contribution in [1.29, 1.82) is 0 Å². The summed E-state index contributed by atoms with van der Waals surface area (Å²) < 4.78 is 10.7. The Morgan fingerprint density at radius 2 is 1.81 bits per heavy atom. The van der Waals surface area contributed by atoms with Gasteiger partial charge in [-0.05, 0) is 42.2 Å². The Morgan fingerprint density at radius 1 is 1.14 bits per heavy atom. The van der Waals surface area contributed by atoms with E-state index in [1.807, 2.05) is 0 Å². The van der Waals surface area contributed by atoms with E-state index < -0.39 is 0 Å². The van der Waals surface area contributed by atoms with Crippen molar-refractivity contribution in [3.8, 4) is 0 Å². The van der Waals surface area contributed by atoms with Crippen LogP contribution in [0.5, 0.6) is 0 Å². The van der Waals surface area contributed by atoms with Gasteiger partial charge in [0.2, 0.25) is 0 Å². The number of ether oxygens (including phenoxy) is 2. The molecule has 1 aromatic rings. The number of nitrogens with one attached hydrogen (secondary N) is 1. The number of hydrogen-bond donors (Lipinski definition) is 1. The van der Waals surface area contributed by atoms with Crippen LogP contribution < -0.4 is 5.32 Å². The third-order valence-electron chi connectivity index (χ3n) is 4.55. The molecule has 1 saturated heterocycles. The summed E-state index contributed by atoms with van der Waals surface area (Å²) in [4.78, 5) is 0. The predicted molar refractivity (Wildman–Crippen MR) is 86.8 cm³/mol. The molecular formula is C18H29NO2. The highest BCUT2D eigenvalue weighted by molar-refractivity contribution is 5.23. The van der Waals surface area contributed by atoms with Crippen LogP contribution in [0.4, 0.5) is 0 Å². The SMILES string of the molecule is CCc1ccc(CC2(CNCCOC)CCOCC2)cc1. The van der Waals surface area contributed by atoms with Crippen molar-refractivity contribution in [1.82, 2.24) is 5.32 Å². The fraction of sp³-hybridized carbons (Fsp3) is 0.667. The molecule has 1 N–H and O–H groups in total. The first-order valence-electron chi connectivity index (χ1n) is 8.13. The Bertz CT molecular complexity index is 396. The number of aryl methyl sites for hydroxylation is 1. The first kappa shape index (κ1) is 16.5. The molecular weight excluding hydrogens is 262 g/mol. The number of methoxy groups -OCH3 is 1. The molecule has 1 aromatic carbocycles. The van der Waals surface area contributed by atoms with Gasteiger partial charge in [-0.3, -0.25) is 0 Å². The molecule has 1 heterocycles. The van der Waals surface area contributed by atoms with Crippen LogP contribution in [0, 0.1) is 5.41 Å². The van der Waals surface area contributed by atoms with E-state index in [1.165, 1.54) is 11.1 Å². The molecule has 2 rings (SSSR count). The molecule has 0 spiro atoms. The molecule has 0 saturated carbocycles. The smallest absolute Gasteiger partial charge is 0.0587 e. The standard InChI is InChI=1S/C18H29NO2/c1-3-16-4-6-17(7-5-16)14-18(8-11-21-12-9-18)15-19-10-13-20-2/h4-7,19H,3,8-15H2,1-2H3. The summed E-state index contributed by atoms with van der Waals surface area (Å²) in [5.41, 5.74) is 3.19. The third-order valence-corrected chi connectivity index (χ3v) is 4.55. The van der Waals surface area contributed by atoms with Gasteiger partial charge in [-0.15, -0.1) is 0 Å². The Hall–Kier alpha value is -0.900. The molecule has 0 amide bonds. The van der Waals surface area contributed by atoms with E-state index in [2.05, 4.69) is 36.5 Å². The zero-order valence-corrected chi connectivity index (χ0v) is 13.5. The lowest BCUT2D eigenvalue weighted by Gasteiger charge is -2.38. The third kappa shape index (κ3) is 5.10. The quantitative estimate of drug-likeness (QED) is 0.747. The van der Waals surface area contributed by atoms with Gasteiger partial charge in [0, 0.05) is 33.4 Å². The van der Waals surface area contributed by atoms with Crippen LogP contribution in [0.15, 0.2) is 24.3 Å². The second-order valence-corrected chi connectivity index (χ2v) is 6.13. The first-order chi connectivity index (χ1) is 10.3. The van der Waals surface area contributed by atoms with Gasteiger partial charge in [-0.25, -0.2) is 0 Å². The van der Waals surface area contributed by atoms with E-state index in [0.717, 1.165) is 58.6 Å². The van der Waals surface area contributed by atoms with E-state index >= 15 is 0 Å². The molecule has 0 aromatic heterocycles. The molecule has 0 radical (unpaired) electrons. The zero-order valence-electron chi connectivity index (χ0n) is 13.5. The second kappa shape index (κ2) is 8.52. The lowest BCUT2D eigenvalue weighted by atomic mass is 9.75. The van der Waals surface area contributed by atoms with Crippen LogP contribution in [-0.2, 0) is 22.3 Å². The zero-order chi connectivity index (χ0) is 15.0. The van der Waals surface area contributed by atoms with E-state index in [-0.39, 0.29) is 0 Å². The van der Waals surface area contributed by atoms with E-state index in [4.69, 9.17) is 9.47 Å². The molecule has 118 valence electrons. The van der Waals surface area contributed by atoms with Crippen molar-refractivity contribution < 1.29 is 9.47 Å². The van der Waals surface area contributed by atoms with Gasteiger partial charge in [0.1, 0.15) is 0 Å². The van der Waals surface area contributed by atoms with Crippen LogP contribution >= 0.6 is 0 Å². The monoisotopic (exact) mass is 291 g/mol. The summed E-state index contributed by atoms with van der Waals surface area (Å²) in [6.07, 6.45) is 4.53. The fourth-order valence-corrected chi connectivity index (χ4v) is 3.07. The highest BCUT2D eigenvalue weighted by atomic mass is 16.5. The molecule has 0 bridgehead atoms. The summed E-state index contributed by atoms with van der Waals surface area (Å²) >= 11 is 0. The Balaban J connectivity index is 1.97. The maximum Gasteiger partial charge on any atom is 0.0587 e. The molecule has 0 atom stereocenters. The molecule has 21 heavy (non-hydrogen) atoms. The van der Waals surface area contributed by atoms with Crippen LogP contribution in [0.3, 0.4) is 0 Å². The molecule has 3 heteroatoms. The fourth-order valence-electron chi connectivity index (χ4n) is 3.07. The highest BCUT2D eigenvalue weighted by Gasteiger charge is 2.32. The number of rotatable bonds is 8. The van der Waals surface area contributed by atoms with Crippen LogP contribution in [0.1, 0.15) is 30.9 Å². The lowest BCUT2D eigenvalue weighted by Crippen LogP contribution is -2.41. The van der Waals surface area contributed by atoms with Gasteiger partial charge in [0.15, 0.2) is 0 Å². The summed E-state index contributed by atoms with van der Waals surface area (Å²) in [7, 11) is 1.75. The number of benzene rings is 1. The van der Waals surface area contributed by atoms with Crippen molar-refractivity contribution >= 4 is 0 Å². The molecule has 1 fully saturated rings. The molecule has 1 aliphatic heterocycles. The minimum Gasteiger partial charge on any atom is -0.383 e. The normalized spacial score (nSPS) is 17.8. The van der Waals surface area contributed by atoms with E-state index in [1.54, 1.807) is 7.11 Å². The van der Waals surface area contributed by atoms with E-state index in [9.17, 15) is 0 Å². The second-order valence-electron chi connectivity index (χ2n) is 6.13. The molecule has 0 unspecified atom stereocenters. The molecule has 3 nitrogen and oxygen atoms in total. The highest BCUT2D eigenvalue weighted by Crippen LogP contribution is 2.33. The Morgan fingerprint density at radius 3 is 2.43 bits per heavy atom. The number of hydrogen-bond acceptors (Lipinski definition) is 3. The Kier molecular flexibility index (Phi) is 6.68. The van der Waals surface area contributed by atoms with Gasteiger partial charge >= 0.3 is 0 Å². The van der Waals surface area contributed by atoms with Gasteiger partial charge in [-0.2, -0.15) is 0 Å². The van der Waals surface area contributed by atoms with Crippen molar-refractivity contribution in [2.24, 2.45) is 5.41 Å². The molecule has 1 aliphatic rings. The lowest BCUT2D eigenvalue weighted by molar-refractivity contribution is 0.0143. The van der Waals surface area contributed by atoms with Crippen molar-refractivity contribution in [3.63, 3.8) is 0 Å². The minimum absolute atomic E-state index is 0.333. The van der Waals surface area contributed by atoms with Crippen molar-refractivity contribution in [2.75, 3.05) is 40.0 Å². The van der Waals surface area contributed by atoms with Crippen molar-refractivity contribution in [3.05, 3.63) is 35.4 Å². The van der Waals surface area contributed by atoms with Gasteiger partial charge < -0.3 is 14.8 Å². The Labute approximate surface area is 129 Å². The van der Waals surface area contributed by atoms with Crippen molar-refractivity contribution in [2.45, 2.75) is 32.6 Å². The maximum absolute atomic E-state index is 5.57. The van der Waals surface area contributed by atoms with Gasteiger partial charge in [0.25, 0.3) is 0 Å². The average Bonchev–Trinajstić information content (AvgIpc) is 2.53. The summed E-state index contributed by atoms with van der Waals surface area (Å²) in [5.74, 6) is 0. The summed E-state index contributed by atoms with van der Waals surface area (Å²) in [6, 6.07) is 9.12. The predicted octanol–water partition coefficient (Wildman–Crippen LogP) is 2.82. The average molecular weight is 291 g/mol. The topological polar surface area (TPSA) is 30.5 Å². The van der Waals surface area contributed by atoms with E-state index in [0.29, 0.717) is 5.41 Å². The summed E-state index contributed by atoms with van der Waals surface area (Å²) in [5, 5.41) is 3.56. The first-order valence-corrected chi connectivity index (χ1v) is 8.13. The van der Waals surface area contributed by atoms with Crippen LogP contribution in [-0.4, -0.2) is 40.0 Å². The van der Waals surface area contributed by atoms with Crippen LogP contribution in [0.2, 0.25) is 0 Å². The maximum atomic E-state index is 5.57. The minimum atomic E-state index is 0.333. The molecule has 0 aliphatic carbocycles.